The number of fused-ring (bicyclic) bond motifs is 3. The maximum atomic E-state index is 9.61. The summed E-state index contributed by atoms with van der Waals surface area (Å²) >= 11 is 0. The van der Waals surface area contributed by atoms with Crippen LogP contribution in [0.25, 0.3) is 0 Å². The number of phenols is 1. The summed E-state index contributed by atoms with van der Waals surface area (Å²) in [6.07, 6.45) is 1.69. The zero-order chi connectivity index (χ0) is 13.6. The van der Waals surface area contributed by atoms with Gasteiger partial charge in [0.25, 0.3) is 0 Å². The van der Waals surface area contributed by atoms with Gasteiger partial charge >= 0.3 is 0 Å². The van der Waals surface area contributed by atoms with E-state index in [9.17, 15) is 5.11 Å². The Labute approximate surface area is 117 Å². The largest absolute Gasteiger partial charge is 0.508 e. The number of ether oxygens (including phenoxy) is 2. The summed E-state index contributed by atoms with van der Waals surface area (Å²) in [4.78, 5) is 0. The van der Waals surface area contributed by atoms with Crippen molar-refractivity contribution in [1.82, 2.24) is 0 Å². The third kappa shape index (κ3) is 1.70. The molecule has 0 spiro atoms. The van der Waals surface area contributed by atoms with E-state index in [1.165, 1.54) is 5.56 Å². The summed E-state index contributed by atoms with van der Waals surface area (Å²) in [5, 5.41) is 9.61. The summed E-state index contributed by atoms with van der Waals surface area (Å²) in [5.41, 5.74) is 2.35. The van der Waals surface area contributed by atoms with Gasteiger partial charge in [-0.25, -0.2) is 0 Å². The van der Waals surface area contributed by atoms with E-state index in [2.05, 4.69) is 12.1 Å². The topological polar surface area (TPSA) is 38.7 Å². The Balaban J connectivity index is 1.72. The molecule has 0 aliphatic carbocycles. The highest BCUT2D eigenvalue weighted by Gasteiger charge is 2.53. The SMILES string of the molecule is Oc1ccc2c(c1)OC1(Cc3ccccc3)OCCC21. The smallest absolute Gasteiger partial charge is 0.221 e. The zero-order valence-corrected chi connectivity index (χ0v) is 11.1. The van der Waals surface area contributed by atoms with Crippen LogP contribution in [0.1, 0.15) is 23.5 Å². The second-order valence-corrected chi connectivity index (χ2v) is 5.49. The van der Waals surface area contributed by atoms with Gasteiger partial charge in [-0.1, -0.05) is 36.4 Å². The van der Waals surface area contributed by atoms with Crippen molar-refractivity contribution >= 4 is 0 Å². The molecule has 20 heavy (non-hydrogen) atoms. The van der Waals surface area contributed by atoms with Crippen molar-refractivity contribution in [3.05, 3.63) is 59.7 Å². The molecule has 3 nitrogen and oxygen atoms in total. The third-order valence-electron chi connectivity index (χ3n) is 4.23. The first-order chi connectivity index (χ1) is 9.77. The van der Waals surface area contributed by atoms with Gasteiger partial charge in [0.1, 0.15) is 11.5 Å². The minimum Gasteiger partial charge on any atom is -0.508 e. The van der Waals surface area contributed by atoms with Gasteiger partial charge in [-0.3, -0.25) is 0 Å². The Morgan fingerprint density at radius 1 is 1.15 bits per heavy atom. The molecule has 2 aliphatic rings. The average molecular weight is 268 g/mol. The molecule has 2 aliphatic heterocycles. The van der Waals surface area contributed by atoms with Crippen LogP contribution in [0.5, 0.6) is 11.5 Å². The Morgan fingerprint density at radius 3 is 2.85 bits per heavy atom. The Bertz CT molecular complexity index is 638. The predicted octanol–water partition coefficient (Wildman–Crippen LogP) is 3.23. The number of phenolic OH excluding ortho intramolecular Hbond substituents is 1. The second-order valence-electron chi connectivity index (χ2n) is 5.49. The summed E-state index contributed by atoms with van der Waals surface area (Å²) in [5.74, 6) is 0.639. The van der Waals surface area contributed by atoms with E-state index in [1.807, 2.05) is 24.3 Å². The van der Waals surface area contributed by atoms with Crippen molar-refractivity contribution in [3.8, 4) is 11.5 Å². The molecule has 2 unspecified atom stereocenters. The lowest BCUT2D eigenvalue weighted by atomic mass is 9.88. The lowest BCUT2D eigenvalue weighted by Gasteiger charge is -2.28. The minimum atomic E-state index is -0.600. The molecule has 2 aromatic rings. The molecular formula is C17H16O3. The van der Waals surface area contributed by atoms with Gasteiger partial charge in [0.05, 0.1) is 12.5 Å². The molecule has 1 fully saturated rings. The number of hydrogen-bond donors (Lipinski definition) is 1. The number of rotatable bonds is 2. The van der Waals surface area contributed by atoms with Gasteiger partial charge < -0.3 is 14.6 Å². The van der Waals surface area contributed by atoms with E-state index in [0.717, 1.165) is 30.8 Å². The Kier molecular flexibility index (Phi) is 2.51. The Morgan fingerprint density at radius 2 is 2.00 bits per heavy atom. The predicted molar refractivity (Wildman–Crippen MR) is 74.9 cm³/mol. The second kappa shape index (κ2) is 4.25. The molecule has 3 heteroatoms. The van der Waals surface area contributed by atoms with Gasteiger partial charge in [0, 0.05) is 18.1 Å². The third-order valence-corrected chi connectivity index (χ3v) is 4.23. The van der Waals surface area contributed by atoms with E-state index >= 15 is 0 Å². The quantitative estimate of drug-likeness (QED) is 0.908. The highest BCUT2D eigenvalue weighted by Crippen LogP contribution is 2.52. The van der Waals surface area contributed by atoms with Crippen molar-refractivity contribution in [3.63, 3.8) is 0 Å². The fourth-order valence-corrected chi connectivity index (χ4v) is 3.34. The molecule has 2 heterocycles. The molecule has 2 aromatic carbocycles. The molecule has 0 amide bonds. The average Bonchev–Trinajstić information content (AvgIpc) is 2.94. The Hall–Kier alpha value is -2.00. The van der Waals surface area contributed by atoms with Crippen LogP contribution in [0.3, 0.4) is 0 Å². The maximum Gasteiger partial charge on any atom is 0.221 e. The van der Waals surface area contributed by atoms with E-state index in [4.69, 9.17) is 9.47 Å². The van der Waals surface area contributed by atoms with E-state index < -0.39 is 5.79 Å². The van der Waals surface area contributed by atoms with Crippen LogP contribution in [0.2, 0.25) is 0 Å². The molecule has 0 aromatic heterocycles. The van der Waals surface area contributed by atoms with Crippen LogP contribution in [0.4, 0.5) is 0 Å². The highest BCUT2D eigenvalue weighted by atomic mass is 16.7. The number of aromatic hydroxyl groups is 1. The fraction of sp³-hybridized carbons (Fsp3) is 0.294. The van der Waals surface area contributed by atoms with Crippen molar-refractivity contribution in [2.24, 2.45) is 0 Å². The summed E-state index contributed by atoms with van der Waals surface area (Å²) in [7, 11) is 0. The lowest BCUT2D eigenvalue weighted by molar-refractivity contribution is -0.144. The van der Waals surface area contributed by atoms with Crippen LogP contribution in [-0.4, -0.2) is 17.5 Å². The molecule has 1 N–H and O–H groups in total. The molecular weight excluding hydrogens is 252 g/mol. The lowest BCUT2D eigenvalue weighted by Crippen LogP contribution is -2.38. The van der Waals surface area contributed by atoms with Gasteiger partial charge in [0.2, 0.25) is 5.79 Å². The van der Waals surface area contributed by atoms with Crippen LogP contribution in [-0.2, 0) is 11.2 Å². The first-order valence-corrected chi connectivity index (χ1v) is 6.97. The summed E-state index contributed by atoms with van der Waals surface area (Å²) < 4.78 is 12.1. The van der Waals surface area contributed by atoms with Crippen molar-refractivity contribution in [1.29, 1.82) is 0 Å². The zero-order valence-electron chi connectivity index (χ0n) is 11.1. The van der Waals surface area contributed by atoms with Crippen molar-refractivity contribution < 1.29 is 14.6 Å². The minimum absolute atomic E-state index is 0.235. The molecule has 0 radical (unpaired) electrons. The number of hydrogen-bond acceptors (Lipinski definition) is 3. The molecule has 2 atom stereocenters. The summed E-state index contributed by atoms with van der Waals surface area (Å²) in [6.45, 7) is 0.720. The molecule has 4 rings (SSSR count). The normalized spacial score (nSPS) is 26.9. The molecule has 1 saturated heterocycles. The van der Waals surface area contributed by atoms with Crippen LogP contribution < -0.4 is 4.74 Å². The van der Waals surface area contributed by atoms with Crippen LogP contribution >= 0.6 is 0 Å². The van der Waals surface area contributed by atoms with Gasteiger partial charge in [0.15, 0.2) is 0 Å². The van der Waals surface area contributed by atoms with Crippen molar-refractivity contribution in [2.45, 2.75) is 24.5 Å². The molecule has 0 bridgehead atoms. The van der Waals surface area contributed by atoms with Gasteiger partial charge in [-0.15, -0.1) is 0 Å². The van der Waals surface area contributed by atoms with E-state index in [0.29, 0.717) is 0 Å². The molecule has 102 valence electrons. The monoisotopic (exact) mass is 268 g/mol. The number of benzene rings is 2. The van der Waals surface area contributed by atoms with E-state index in [-0.39, 0.29) is 11.7 Å². The highest BCUT2D eigenvalue weighted by molar-refractivity contribution is 5.47. The van der Waals surface area contributed by atoms with E-state index in [1.54, 1.807) is 12.1 Å². The van der Waals surface area contributed by atoms with Crippen LogP contribution in [0.15, 0.2) is 48.5 Å². The molecule has 0 saturated carbocycles. The van der Waals surface area contributed by atoms with Crippen molar-refractivity contribution in [2.75, 3.05) is 6.61 Å². The fourth-order valence-electron chi connectivity index (χ4n) is 3.34. The standard InChI is InChI=1S/C17H16O3/c18-13-6-7-14-15-8-9-19-17(15,20-16(14)10-13)11-12-4-2-1-3-5-12/h1-7,10,15,18H,8-9,11H2. The first kappa shape index (κ1) is 11.8. The van der Waals surface area contributed by atoms with Gasteiger partial charge in [-0.2, -0.15) is 0 Å². The summed E-state index contributed by atoms with van der Waals surface area (Å²) in [6, 6.07) is 15.6. The van der Waals surface area contributed by atoms with Gasteiger partial charge in [-0.05, 0) is 18.1 Å². The maximum absolute atomic E-state index is 9.61. The van der Waals surface area contributed by atoms with Crippen LogP contribution in [0, 0.1) is 0 Å². The first-order valence-electron chi connectivity index (χ1n) is 6.97.